The molecule has 1 heterocycles. The zero-order chi connectivity index (χ0) is 11.1. The van der Waals surface area contributed by atoms with E-state index in [4.69, 9.17) is 0 Å². The number of hydrogen-bond acceptors (Lipinski definition) is 1. The summed E-state index contributed by atoms with van der Waals surface area (Å²) in [5.41, 5.74) is -1.21. The Morgan fingerprint density at radius 3 is 2.00 bits per heavy atom. The molecule has 0 N–H and O–H groups in total. The molecule has 1 aromatic rings. The molecule has 0 aliphatic carbocycles. The van der Waals surface area contributed by atoms with Crippen LogP contribution in [0.1, 0.15) is 26.3 Å². The van der Waals surface area contributed by atoms with Gasteiger partial charge in [0.25, 0.3) is 0 Å². The van der Waals surface area contributed by atoms with Crippen LogP contribution in [0.5, 0.6) is 0 Å². The zero-order valence-corrected chi connectivity index (χ0v) is 9.57. The Balaban J connectivity index is 3.23. The van der Waals surface area contributed by atoms with Crippen molar-refractivity contribution < 1.29 is 13.2 Å². The Kier molecular flexibility index (Phi) is 2.69. The van der Waals surface area contributed by atoms with Gasteiger partial charge in [-0.3, -0.25) is 4.68 Å². The third-order valence-electron chi connectivity index (χ3n) is 1.65. The van der Waals surface area contributed by atoms with Crippen LogP contribution < -0.4 is 0 Å². The van der Waals surface area contributed by atoms with Gasteiger partial charge in [0.15, 0.2) is 0 Å². The van der Waals surface area contributed by atoms with Crippen molar-refractivity contribution in [2.45, 2.75) is 32.5 Å². The standard InChI is InChI=1S/C8H10BrF3N2/c1-7(2,3)14-6(9)5(4-13-14)8(10,11)12/h4H,1-3H3. The lowest BCUT2D eigenvalue weighted by molar-refractivity contribution is -0.138. The first-order valence-corrected chi connectivity index (χ1v) is 4.74. The Hall–Kier alpha value is -0.520. The number of alkyl halides is 3. The summed E-state index contributed by atoms with van der Waals surface area (Å²) in [5, 5.41) is 3.70. The predicted molar refractivity (Wildman–Crippen MR) is 49.9 cm³/mol. The number of aromatic nitrogens is 2. The largest absolute Gasteiger partial charge is 0.420 e. The maximum absolute atomic E-state index is 12.4. The van der Waals surface area contributed by atoms with Crippen molar-refractivity contribution in [3.8, 4) is 0 Å². The van der Waals surface area contributed by atoms with E-state index in [9.17, 15) is 13.2 Å². The molecular weight excluding hydrogens is 261 g/mol. The fraction of sp³-hybridized carbons (Fsp3) is 0.625. The molecule has 0 radical (unpaired) electrons. The maximum atomic E-state index is 12.4. The van der Waals surface area contributed by atoms with Gasteiger partial charge in [-0.1, -0.05) is 0 Å². The summed E-state index contributed by atoms with van der Waals surface area (Å²) in [7, 11) is 0. The first-order chi connectivity index (χ1) is 6.14. The smallest absolute Gasteiger partial charge is 0.253 e. The molecule has 0 aliphatic rings. The van der Waals surface area contributed by atoms with Gasteiger partial charge in [-0.2, -0.15) is 18.3 Å². The first kappa shape index (κ1) is 11.6. The van der Waals surface area contributed by atoms with E-state index in [1.807, 2.05) is 0 Å². The van der Waals surface area contributed by atoms with Gasteiger partial charge >= 0.3 is 6.18 Å². The molecule has 0 unspecified atom stereocenters. The minimum absolute atomic E-state index is 0.0301. The van der Waals surface area contributed by atoms with E-state index >= 15 is 0 Å². The van der Waals surface area contributed by atoms with Gasteiger partial charge < -0.3 is 0 Å². The van der Waals surface area contributed by atoms with Crippen LogP contribution in [0.25, 0.3) is 0 Å². The second-order valence-electron chi connectivity index (χ2n) is 3.93. The van der Waals surface area contributed by atoms with E-state index in [0.29, 0.717) is 0 Å². The Labute approximate surface area is 88.2 Å². The molecule has 2 nitrogen and oxygen atoms in total. The van der Waals surface area contributed by atoms with Gasteiger partial charge in [-0.25, -0.2) is 0 Å². The number of rotatable bonds is 0. The number of halogens is 4. The molecule has 1 rings (SSSR count). The highest BCUT2D eigenvalue weighted by Gasteiger charge is 2.37. The monoisotopic (exact) mass is 270 g/mol. The zero-order valence-electron chi connectivity index (χ0n) is 7.98. The average Bonchev–Trinajstić information content (AvgIpc) is 2.26. The molecule has 0 atom stereocenters. The SMILES string of the molecule is CC(C)(C)n1ncc(C(F)(F)F)c1Br. The van der Waals surface area contributed by atoms with E-state index in [-0.39, 0.29) is 4.60 Å². The molecule has 0 bridgehead atoms. The molecule has 0 fully saturated rings. The van der Waals surface area contributed by atoms with Gasteiger partial charge in [-0.05, 0) is 36.7 Å². The van der Waals surface area contributed by atoms with Crippen molar-refractivity contribution in [3.63, 3.8) is 0 Å². The van der Waals surface area contributed by atoms with Gasteiger partial charge in [0.1, 0.15) is 10.2 Å². The van der Waals surface area contributed by atoms with Crippen LogP contribution in [0.2, 0.25) is 0 Å². The van der Waals surface area contributed by atoms with E-state index in [2.05, 4.69) is 21.0 Å². The highest BCUT2D eigenvalue weighted by atomic mass is 79.9. The van der Waals surface area contributed by atoms with Crippen molar-refractivity contribution in [3.05, 3.63) is 16.4 Å². The predicted octanol–water partition coefficient (Wildman–Crippen LogP) is 3.42. The van der Waals surface area contributed by atoms with Gasteiger partial charge in [0.05, 0.1) is 11.7 Å². The fourth-order valence-corrected chi connectivity index (χ4v) is 1.94. The van der Waals surface area contributed by atoms with Crippen molar-refractivity contribution in [2.75, 3.05) is 0 Å². The summed E-state index contributed by atoms with van der Waals surface area (Å²) in [6.07, 6.45) is -3.53. The minimum atomic E-state index is -4.36. The molecule has 0 spiro atoms. The fourth-order valence-electron chi connectivity index (χ4n) is 0.991. The Morgan fingerprint density at radius 1 is 1.29 bits per heavy atom. The van der Waals surface area contributed by atoms with Crippen LogP contribution in [0, 0.1) is 0 Å². The van der Waals surface area contributed by atoms with Crippen LogP contribution in [0.4, 0.5) is 13.2 Å². The number of nitrogens with zero attached hydrogens (tertiary/aromatic N) is 2. The van der Waals surface area contributed by atoms with Crippen LogP contribution in [0.3, 0.4) is 0 Å². The second-order valence-corrected chi connectivity index (χ2v) is 4.68. The third kappa shape index (κ3) is 2.10. The van der Waals surface area contributed by atoms with Gasteiger partial charge in [0.2, 0.25) is 0 Å². The summed E-state index contributed by atoms with van der Waals surface area (Å²) < 4.78 is 38.4. The molecule has 0 aromatic carbocycles. The van der Waals surface area contributed by atoms with Crippen LogP contribution in [-0.4, -0.2) is 9.78 Å². The van der Waals surface area contributed by atoms with E-state index in [1.165, 1.54) is 4.68 Å². The van der Waals surface area contributed by atoms with E-state index < -0.39 is 17.3 Å². The molecule has 6 heteroatoms. The summed E-state index contributed by atoms with van der Waals surface area (Å²) in [6, 6.07) is 0. The summed E-state index contributed by atoms with van der Waals surface area (Å²) >= 11 is 2.90. The first-order valence-electron chi connectivity index (χ1n) is 3.95. The summed E-state index contributed by atoms with van der Waals surface area (Å²) in [5.74, 6) is 0. The van der Waals surface area contributed by atoms with E-state index in [1.54, 1.807) is 20.8 Å². The summed E-state index contributed by atoms with van der Waals surface area (Å²) in [4.78, 5) is 0. The average molecular weight is 271 g/mol. The van der Waals surface area contributed by atoms with Crippen molar-refractivity contribution in [2.24, 2.45) is 0 Å². The lowest BCUT2D eigenvalue weighted by atomic mass is 10.1. The van der Waals surface area contributed by atoms with Crippen molar-refractivity contribution >= 4 is 15.9 Å². The maximum Gasteiger partial charge on any atom is 0.420 e. The molecule has 0 aliphatic heterocycles. The lowest BCUT2D eigenvalue weighted by Crippen LogP contribution is -2.23. The molecule has 80 valence electrons. The number of hydrogen-bond donors (Lipinski definition) is 0. The minimum Gasteiger partial charge on any atom is -0.253 e. The highest BCUT2D eigenvalue weighted by Crippen LogP contribution is 2.36. The normalized spacial score (nSPS) is 13.4. The lowest BCUT2D eigenvalue weighted by Gasteiger charge is -2.20. The molecule has 0 saturated heterocycles. The Bertz CT molecular complexity index is 304. The second kappa shape index (κ2) is 3.25. The van der Waals surface area contributed by atoms with Crippen LogP contribution in [0.15, 0.2) is 10.8 Å². The Morgan fingerprint density at radius 2 is 1.79 bits per heavy atom. The topological polar surface area (TPSA) is 17.8 Å². The summed E-state index contributed by atoms with van der Waals surface area (Å²) in [6.45, 7) is 5.35. The van der Waals surface area contributed by atoms with Crippen molar-refractivity contribution in [1.82, 2.24) is 9.78 Å². The van der Waals surface area contributed by atoms with Crippen molar-refractivity contribution in [1.29, 1.82) is 0 Å². The third-order valence-corrected chi connectivity index (χ3v) is 2.41. The van der Waals surface area contributed by atoms with Crippen LogP contribution in [-0.2, 0) is 11.7 Å². The van der Waals surface area contributed by atoms with E-state index in [0.717, 1.165) is 6.20 Å². The molecule has 0 saturated carbocycles. The molecule has 14 heavy (non-hydrogen) atoms. The van der Waals surface area contributed by atoms with Gasteiger partial charge in [-0.15, -0.1) is 0 Å². The molecular formula is C8H10BrF3N2. The molecule has 1 aromatic heterocycles. The quantitative estimate of drug-likeness (QED) is 0.707. The molecule has 0 amide bonds. The highest BCUT2D eigenvalue weighted by molar-refractivity contribution is 9.10. The van der Waals surface area contributed by atoms with Crippen LogP contribution >= 0.6 is 15.9 Å². The van der Waals surface area contributed by atoms with Gasteiger partial charge in [0, 0.05) is 0 Å².